The molecule has 0 aliphatic carbocycles. The van der Waals surface area contributed by atoms with E-state index in [1.54, 1.807) is 12.4 Å². The second kappa shape index (κ2) is 5.83. The Morgan fingerprint density at radius 2 is 2.20 bits per heavy atom. The molecule has 1 aliphatic heterocycles. The number of hydrogen-bond donors (Lipinski definition) is 2. The molecule has 0 radical (unpaired) electrons. The van der Waals surface area contributed by atoms with E-state index < -0.39 is 0 Å². The first-order chi connectivity index (χ1) is 9.83. The fourth-order valence-corrected chi connectivity index (χ4v) is 2.41. The lowest BCUT2D eigenvalue weighted by atomic mass is 9.95. The van der Waals surface area contributed by atoms with Crippen LogP contribution in [0.3, 0.4) is 0 Å². The molecular formula is C14H16N4O2. The van der Waals surface area contributed by atoms with Crippen LogP contribution in [0, 0.1) is 5.92 Å². The molecule has 0 bridgehead atoms. The zero-order valence-electron chi connectivity index (χ0n) is 11.0. The summed E-state index contributed by atoms with van der Waals surface area (Å²) in [6.45, 7) is 1.21. The van der Waals surface area contributed by atoms with Crippen molar-refractivity contribution < 1.29 is 9.53 Å². The summed E-state index contributed by atoms with van der Waals surface area (Å²) in [5.74, 6) is 0.141. The smallest absolute Gasteiger partial charge is 0.269 e. The van der Waals surface area contributed by atoms with Crippen molar-refractivity contribution in [1.82, 2.24) is 20.3 Å². The molecule has 0 spiro atoms. The van der Waals surface area contributed by atoms with E-state index in [9.17, 15) is 4.79 Å². The fourth-order valence-electron chi connectivity index (χ4n) is 2.41. The first kappa shape index (κ1) is 12.8. The van der Waals surface area contributed by atoms with Crippen molar-refractivity contribution in [3.8, 4) is 0 Å². The van der Waals surface area contributed by atoms with E-state index in [4.69, 9.17) is 4.74 Å². The lowest BCUT2D eigenvalue weighted by Gasteiger charge is -2.18. The minimum atomic E-state index is -0.141. The number of aromatic amines is 1. The highest BCUT2D eigenvalue weighted by atomic mass is 16.5. The SMILES string of the molecule is O=C(N[C@H]1COC[C@H]1Cc1ccncc1)c1cnc[nH]1. The zero-order chi connectivity index (χ0) is 13.8. The number of imidazole rings is 1. The molecule has 2 atom stereocenters. The van der Waals surface area contributed by atoms with Gasteiger partial charge in [-0.25, -0.2) is 4.98 Å². The number of H-pyrrole nitrogens is 1. The molecule has 3 rings (SSSR count). The molecule has 2 N–H and O–H groups in total. The summed E-state index contributed by atoms with van der Waals surface area (Å²) in [4.78, 5) is 22.7. The quantitative estimate of drug-likeness (QED) is 0.862. The van der Waals surface area contributed by atoms with Gasteiger partial charge in [0.2, 0.25) is 0 Å². The van der Waals surface area contributed by atoms with Gasteiger partial charge in [-0.2, -0.15) is 0 Å². The monoisotopic (exact) mass is 272 g/mol. The van der Waals surface area contributed by atoms with Crippen LogP contribution in [-0.2, 0) is 11.2 Å². The lowest BCUT2D eigenvalue weighted by molar-refractivity contribution is 0.0920. The number of hydrogen-bond acceptors (Lipinski definition) is 4. The molecule has 104 valence electrons. The van der Waals surface area contributed by atoms with E-state index in [1.165, 1.54) is 18.1 Å². The van der Waals surface area contributed by atoms with E-state index in [1.807, 2.05) is 12.1 Å². The summed E-state index contributed by atoms with van der Waals surface area (Å²) in [5, 5.41) is 3.00. The van der Waals surface area contributed by atoms with Gasteiger partial charge in [-0.05, 0) is 24.1 Å². The molecule has 1 amide bonds. The van der Waals surface area contributed by atoms with Gasteiger partial charge >= 0.3 is 0 Å². The maximum atomic E-state index is 12.0. The second-order valence-corrected chi connectivity index (χ2v) is 4.90. The van der Waals surface area contributed by atoms with Crippen LogP contribution < -0.4 is 5.32 Å². The van der Waals surface area contributed by atoms with Gasteiger partial charge in [-0.3, -0.25) is 9.78 Å². The van der Waals surface area contributed by atoms with Gasteiger partial charge in [0, 0.05) is 18.3 Å². The molecule has 0 saturated carbocycles. The standard InChI is InChI=1S/C14H16N4O2/c19-14(12-6-16-9-17-12)18-13-8-20-7-11(13)5-10-1-3-15-4-2-10/h1-4,6,9,11,13H,5,7-8H2,(H,16,17)(H,18,19)/t11-,13+/m1/s1. The first-order valence-electron chi connectivity index (χ1n) is 6.59. The molecule has 20 heavy (non-hydrogen) atoms. The first-order valence-corrected chi connectivity index (χ1v) is 6.59. The van der Waals surface area contributed by atoms with Crippen LogP contribution in [0.4, 0.5) is 0 Å². The molecule has 1 saturated heterocycles. The number of pyridine rings is 1. The third kappa shape index (κ3) is 2.85. The fraction of sp³-hybridized carbons (Fsp3) is 0.357. The Hall–Kier alpha value is -2.21. The van der Waals surface area contributed by atoms with Crippen LogP contribution in [0.2, 0.25) is 0 Å². The van der Waals surface area contributed by atoms with Crippen molar-refractivity contribution in [3.05, 3.63) is 48.3 Å². The number of nitrogens with one attached hydrogen (secondary N) is 2. The van der Waals surface area contributed by atoms with E-state index >= 15 is 0 Å². The van der Waals surface area contributed by atoms with E-state index in [2.05, 4.69) is 20.3 Å². The van der Waals surface area contributed by atoms with Crippen molar-refractivity contribution in [1.29, 1.82) is 0 Å². The highest BCUT2D eigenvalue weighted by molar-refractivity contribution is 5.92. The summed E-state index contributed by atoms with van der Waals surface area (Å²) < 4.78 is 5.50. The summed E-state index contributed by atoms with van der Waals surface area (Å²) in [5.41, 5.74) is 1.68. The highest BCUT2D eigenvalue weighted by Crippen LogP contribution is 2.19. The van der Waals surface area contributed by atoms with Crippen LogP contribution in [0.5, 0.6) is 0 Å². The number of rotatable bonds is 4. The highest BCUT2D eigenvalue weighted by Gasteiger charge is 2.30. The predicted molar refractivity (Wildman–Crippen MR) is 72.1 cm³/mol. The van der Waals surface area contributed by atoms with Crippen molar-refractivity contribution in [3.63, 3.8) is 0 Å². The molecule has 6 nitrogen and oxygen atoms in total. The lowest BCUT2D eigenvalue weighted by Crippen LogP contribution is -2.40. The Morgan fingerprint density at radius 1 is 1.35 bits per heavy atom. The van der Waals surface area contributed by atoms with Crippen molar-refractivity contribution in [2.75, 3.05) is 13.2 Å². The minimum absolute atomic E-state index is 0.0268. The number of amides is 1. The molecule has 0 aromatic carbocycles. The van der Waals surface area contributed by atoms with Gasteiger partial charge in [-0.15, -0.1) is 0 Å². The predicted octanol–water partition coefficient (Wildman–Crippen LogP) is 0.792. The molecule has 3 heterocycles. The van der Waals surface area contributed by atoms with E-state index in [0.29, 0.717) is 18.9 Å². The van der Waals surface area contributed by atoms with E-state index in [0.717, 1.165) is 6.42 Å². The molecule has 1 aliphatic rings. The number of ether oxygens (including phenoxy) is 1. The third-order valence-electron chi connectivity index (χ3n) is 3.50. The zero-order valence-corrected chi connectivity index (χ0v) is 11.0. The Kier molecular flexibility index (Phi) is 3.73. The van der Waals surface area contributed by atoms with Gasteiger partial charge in [0.1, 0.15) is 5.69 Å². The van der Waals surface area contributed by atoms with Crippen LogP contribution >= 0.6 is 0 Å². The van der Waals surface area contributed by atoms with Gasteiger partial charge in [0.15, 0.2) is 0 Å². The Labute approximate surface area is 116 Å². The minimum Gasteiger partial charge on any atom is -0.379 e. The van der Waals surface area contributed by atoms with Gasteiger partial charge in [0.25, 0.3) is 5.91 Å². The molecule has 6 heteroatoms. The van der Waals surface area contributed by atoms with Crippen molar-refractivity contribution in [2.45, 2.75) is 12.5 Å². The van der Waals surface area contributed by atoms with Gasteiger partial charge in [-0.1, -0.05) is 0 Å². The topological polar surface area (TPSA) is 79.9 Å². The van der Waals surface area contributed by atoms with Crippen LogP contribution in [0.15, 0.2) is 37.1 Å². The van der Waals surface area contributed by atoms with Crippen molar-refractivity contribution >= 4 is 5.91 Å². The number of nitrogens with zero attached hydrogens (tertiary/aromatic N) is 2. The molecule has 1 fully saturated rings. The number of carbonyl (C=O) groups excluding carboxylic acids is 1. The van der Waals surface area contributed by atoms with Gasteiger partial charge < -0.3 is 15.0 Å². The van der Waals surface area contributed by atoms with Crippen molar-refractivity contribution in [2.24, 2.45) is 5.92 Å². The summed E-state index contributed by atoms with van der Waals surface area (Å²) in [7, 11) is 0. The maximum Gasteiger partial charge on any atom is 0.269 e. The average Bonchev–Trinajstić information content (AvgIpc) is 3.12. The molecule has 0 unspecified atom stereocenters. The van der Waals surface area contributed by atoms with Crippen LogP contribution in [0.25, 0.3) is 0 Å². The second-order valence-electron chi connectivity index (χ2n) is 4.90. The summed E-state index contributed by atoms with van der Waals surface area (Å²) in [6.07, 6.45) is 7.45. The Bertz CT molecular complexity index is 556. The summed E-state index contributed by atoms with van der Waals surface area (Å²) in [6, 6.07) is 4.01. The number of carbonyl (C=O) groups is 1. The Balaban J connectivity index is 1.62. The average molecular weight is 272 g/mol. The summed E-state index contributed by atoms with van der Waals surface area (Å²) >= 11 is 0. The maximum absolute atomic E-state index is 12.0. The molecular weight excluding hydrogens is 256 g/mol. The molecule has 2 aromatic heterocycles. The Morgan fingerprint density at radius 3 is 2.95 bits per heavy atom. The third-order valence-corrected chi connectivity index (χ3v) is 3.50. The molecule has 2 aromatic rings. The number of aromatic nitrogens is 3. The van der Waals surface area contributed by atoms with Crippen LogP contribution in [-0.4, -0.2) is 40.1 Å². The normalized spacial score (nSPS) is 21.8. The largest absolute Gasteiger partial charge is 0.379 e. The van der Waals surface area contributed by atoms with Crippen LogP contribution in [0.1, 0.15) is 16.1 Å². The van der Waals surface area contributed by atoms with Gasteiger partial charge in [0.05, 0.1) is 31.8 Å². The van der Waals surface area contributed by atoms with E-state index in [-0.39, 0.29) is 17.9 Å².